The zero-order valence-electron chi connectivity index (χ0n) is 11.4. The number of Topliss-reactive ketones (excluding diaryl/α,β-unsaturated/α-hetero) is 1. The van der Waals surface area contributed by atoms with E-state index in [1.165, 1.54) is 0 Å². The minimum Gasteiger partial charge on any atom is -0.493 e. The van der Waals surface area contributed by atoms with Crippen LogP contribution >= 0.6 is 0 Å². The van der Waals surface area contributed by atoms with Crippen molar-refractivity contribution in [1.82, 2.24) is 0 Å². The summed E-state index contributed by atoms with van der Waals surface area (Å²) in [6, 6.07) is 6.77. The van der Waals surface area contributed by atoms with E-state index in [0.717, 1.165) is 0 Å². The molecule has 0 bridgehead atoms. The van der Waals surface area contributed by atoms with Crippen LogP contribution in [-0.2, 0) is 9.84 Å². The first-order valence-electron chi connectivity index (χ1n) is 6.45. The Morgan fingerprint density at radius 2 is 1.74 bits per heavy atom. The minimum absolute atomic E-state index is 0.0243. The van der Waals surface area contributed by atoms with Crippen molar-refractivity contribution < 1.29 is 17.9 Å². The average Bonchev–Trinajstić information content (AvgIpc) is 2.38. The van der Waals surface area contributed by atoms with Gasteiger partial charge >= 0.3 is 0 Å². The summed E-state index contributed by atoms with van der Waals surface area (Å²) in [5.74, 6) is 0.882. The van der Waals surface area contributed by atoms with Crippen molar-refractivity contribution in [3.05, 3.63) is 29.8 Å². The SMILES string of the molecule is CCCS(=O)(=O)CCOc1ccc(C(=O)CC)cc1. The van der Waals surface area contributed by atoms with Gasteiger partial charge in [-0.3, -0.25) is 4.79 Å². The molecule has 0 unspecified atom stereocenters. The summed E-state index contributed by atoms with van der Waals surface area (Å²) >= 11 is 0. The van der Waals surface area contributed by atoms with Crippen LogP contribution in [0.4, 0.5) is 0 Å². The lowest BCUT2D eigenvalue weighted by atomic mass is 10.1. The highest BCUT2D eigenvalue weighted by Gasteiger charge is 2.09. The predicted molar refractivity (Wildman–Crippen MR) is 75.5 cm³/mol. The van der Waals surface area contributed by atoms with Crippen molar-refractivity contribution in [2.45, 2.75) is 26.7 Å². The molecule has 0 amide bonds. The second-order valence-corrected chi connectivity index (χ2v) is 6.61. The van der Waals surface area contributed by atoms with Gasteiger partial charge in [-0.25, -0.2) is 8.42 Å². The number of sulfone groups is 1. The van der Waals surface area contributed by atoms with E-state index in [0.29, 0.717) is 24.2 Å². The van der Waals surface area contributed by atoms with Crippen LogP contribution in [0.25, 0.3) is 0 Å². The Labute approximate surface area is 114 Å². The van der Waals surface area contributed by atoms with Gasteiger partial charge in [-0.1, -0.05) is 13.8 Å². The Hall–Kier alpha value is -1.36. The summed E-state index contributed by atoms with van der Waals surface area (Å²) in [6.07, 6.45) is 1.09. The first-order chi connectivity index (χ1) is 8.98. The fourth-order valence-corrected chi connectivity index (χ4v) is 2.80. The first kappa shape index (κ1) is 15.7. The van der Waals surface area contributed by atoms with Crippen LogP contribution in [0.15, 0.2) is 24.3 Å². The van der Waals surface area contributed by atoms with E-state index in [9.17, 15) is 13.2 Å². The summed E-state index contributed by atoms with van der Waals surface area (Å²) in [5, 5.41) is 0. The van der Waals surface area contributed by atoms with E-state index in [-0.39, 0.29) is 23.9 Å². The number of hydrogen-bond donors (Lipinski definition) is 0. The van der Waals surface area contributed by atoms with Gasteiger partial charge < -0.3 is 4.74 Å². The molecule has 1 aromatic carbocycles. The van der Waals surface area contributed by atoms with Gasteiger partial charge in [0.2, 0.25) is 0 Å². The van der Waals surface area contributed by atoms with Crippen LogP contribution in [0, 0.1) is 0 Å². The number of benzene rings is 1. The average molecular weight is 284 g/mol. The summed E-state index contributed by atoms with van der Waals surface area (Å²) in [4.78, 5) is 11.4. The fourth-order valence-electron chi connectivity index (χ4n) is 1.64. The molecule has 0 fully saturated rings. The van der Waals surface area contributed by atoms with Crippen molar-refractivity contribution in [1.29, 1.82) is 0 Å². The third kappa shape index (κ3) is 5.42. The first-order valence-corrected chi connectivity index (χ1v) is 8.27. The maximum Gasteiger partial charge on any atom is 0.162 e. The Morgan fingerprint density at radius 3 is 2.26 bits per heavy atom. The Bertz CT molecular complexity index is 503. The van der Waals surface area contributed by atoms with Crippen molar-refractivity contribution >= 4 is 15.6 Å². The molecule has 106 valence electrons. The minimum atomic E-state index is -3.01. The summed E-state index contributed by atoms with van der Waals surface area (Å²) in [7, 11) is -3.01. The van der Waals surface area contributed by atoms with Gasteiger partial charge in [0, 0.05) is 12.0 Å². The Kier molecular flexibility index (Phi) is 6.02. The van der Waals surface area contributed by atoms with Crippen LogP contribution in [0.2, 0.25) is 0 Å². The molecule has 19 heavy (non-hydrogen) atoms. The normalized spacial score (nSPS) is 11.3. The van der Waals surface area contributed by atoms with E-state index < -0.39 is 9.84 Å². The van der Waals surface area contributed by atoms with E-state index in [2.05, 4.69) is 0 Å². The summed E-state index contributed by atoms with van der Waals surface area (Å²) in [5.41, 5.74) is 0.647. The third-order valence-corrected chi connectivity index (χ3v) is 4.49. The van der Waals surface area contributed by atoms with Crippen molar-refractivity contribution in [2.75, 3.05) is 18.1 Å². The molecule has 0 aliphatic carbocycles. The maximum absolute atomic E-state index is 11.5. The zero-order valence-corrected chi connectivity index (χ0v) is 12.2. The molecule has 4 nitrogen and oxygen atoms in total. The number of ether oxygens (including phenoxy) is 1. The molecule has 0 saturated carbocycles. The molecule has 0 aliphatic heterocycles. The molecule has 0 heterocycles. The van der Waals surface area contributed by atoms with Crippen molar-refractivity contribution in [2.24, 2.45) is 0 Å². The lowest BCUT2D eigenvalue weighted by Crippen LogP contribution is -2.16. The highest BCUT2D eigenvalue weighted by Crippen LogP contribution is 2.13. The standard InChI is InChI=1S/C14H20O4S/c1-3-10-19(16,17)11-9-18-13-7-5-12(6-8-13)14(15)4-2/h5-8H,3-4,9-11H2,1-2H3. The molecule has 0 atom stereocenters. The van der Waals surface area contributed by atoms with E-state index in [1.54, 1.807) is 24.3 Å². The lowest BCUT2D eigenvalue weighted by molar-refractivity contribution is 0.0988. The van der Waals surface area contributed by atoms with E-state index in [4.69, 9.17) is 4.74 Å². The molecule has 0 N–H and O–H groups in total. The van der Waals surface area contributed by atoms with Crippen LogP contribution in [-0.4, -0.2) is 32.3 Å². The molecule has 0 radical (unpaired) electrons. The number of ketones is 1. The van der Waals surface area contributed by atoms with Gasteiger partial charge in [-0.05, 0) is 30.7 Å². The summed E-state index contributed by atoms with van der Waals surface area (Å²) < 4.78 is 28.3. The number of carbonyl (C=O) groups excluding carboxylic acids is 1. The topological polar surface area (TPSA) is 60.4 Å². The van der Waals surface area contributed by atoms with Crippen molar-refractivity contribution in [3.8, 4) is 5.75 Å². The van der Waals surface area contributed by atoms with Gasteiger partial charge in [-0.15, -0.1) is 0 Å². The zero-order chi connectivity index (χ0) is 14.3. The highest BCUT2D eigenvalue weighted by molar-refractivity contribution is 7.91. The monoisotopic (exact) mass is 284 g/mol. The largest absolute Gasteiger partial charge is 0.493 e. The van der Waals surface area contributed by atoms with Crippen molar-refractivity contribution in [3.63, 3.8) is 0 Å². The Morgan fingerprint density at radius 1 is 1.11 bits per heavy atom. The predicted octanol–water partition coefficient (Wildman–Crippen LogP) is 2.48. The number of hydrogen-bond acceptors (Lipinski definition) is 4. The van der Waals surface area contributed by atoms with Crippen LogP contribution < -0.4 is 4.74 Å². The van der Waals surface area contributed by atoms with E-state index in [1.807, 2.05) is 13.8 Å². The van der Waals surface area contributed by atoms with Crippen LogP contribution in [0.5, 0.6) is 5.75 Å². The molecular weight excluding hydrogens is 264 g/mol. The van der Waals surface area contributed by atoms with Gasteiger partial charge in [0.05, 0.1) is 11.5 Å². The molecular formula is C14H20O4S. The van der Waals surface area contributed by atoms with Gasteiger partial charge in [0.1, 0.15) is 12.4 Å². The smallest absolute Gasteiger partial charge is 0.162 e. The van der Waals surface area contributed by atoms with E-state index >= 15 is 0 Å². The number of carbonyl (C=O) groups is 1. The van der Waals surface area contributed by atoms with Crippen LogP contribution in [0.3, 0.4) is 0 Å². The molecule has 5 heteroatoms. The molecule has 0 aliphatic rings. The molecule has 0 saturated heterocycles. The molecule has 1 rings (SSSR count). The summed E-state index contributed by atoms with van der Waals surface area (Å²) in [6.45, 7) is 3.79. The third-order valence-electron chi connectivity index (χ3n) is 2.68. The van der Waals surface area contributed by atoms with Crippen LogP contribution in [0.1, 0.15) is 37.0 Å². The van der Waals surface area contributed by atoms with Gasteiger partial charge in [0.25, 0.3) is 0 Å². The molecule has 0 spiro atoms. The van der Waals surface area contributed by atoms with Gasteiger partial charge in [-0.2, -0.15) is 0 Å². The van der Waals surface area contributed by atoms with Gasteiger partial charge in [0.15, 0.2) is 15.6 Å². The Balaban J connectivity index is 2.49. The quantitative estimate of drug-likeness (QED) is 0.688. The molecule has 1 aromatic rings. The second kappa shape index (κ2) is 7.28. The lowest BCUT2D eigenvalue weighted by Gasteiger charge is -2.07. The number of rotatable bonds is 8. The highest BCUT2D eigenvalue weighted by atomic mass is 32.2. The molecule has 0 aromatic heterocycles. The fraction of sp³-hybridized carbons (Fsp3) is 0.500. The maximum atomic E-state index is 11.5. The second-order valence-electron chi connectivity index (χ2n) is 4.30.